The lowest BCUT2D eigenvalue weighted by molar-refractivity contribution is 0.415. The summed E-state index contributed by atoms with van der Waals surface area (Å²) in [6.07, 6.45) is 1.04. The Morgan fingerprint density at radius 3 is 2.58 bits per heavy atom. The summed E-state index contributed by atoms with van der Waals surface area (Å²) in [6, 6.07) is 10.9. The van der Waals surface area contributed by atoms with Crippen molar-refractivity contribution < 1.29 is 13.2 Å². The number of aryl methyl sites for hydroxylation is 1. The third-order valence-corrected chi connectivity index (χ3v) is 9.56. The zero-order valence-corrected chi connectivity index (χ0v) is 20.3. The number of nitrogens with zero attached hydrogens (tertiary/aromatic N) is 2. The number of hydrogen-bond donors (Lipinski definition) is 0. The average molecular weight is 497 g/mol. The van der Waals surface area contributed by atoms with Crippen LogP contribution in [0.1, 0.15) is 18.4 Å². The van der Waals surface area contributed by atoms with E-state index in [9.17, 15) is 8.42 Å². The molecule has 1 saturated heterocycles. The summed E-state index contributed by atoms with van der Waals surface area (Å²) in [6.45, 7) is 3.03. The van der Waals surface area contributed by atoms with Gasteiger partial charge in [-0.2, -0.15) is 0 Å². The molecule has 3 aromatic rings. The van der Waals surface area contributed by atoms with Gasteiger partial charge in [0.05, 0.1) is 28.0 Å². The summed E-state index contributed by atoms with van der Waals surface area (Å²) < 4.78 is 31.7. The number of methoxy groups -OCH3 is 1. The molecule has 5 nitrogen and oxygen atoms in total. The van der Waals surface area contributed by atoms with Gasteiger partial charge in [0.15, 0.2) is 15.0 Å². The first kappa shape index (κ1) is 22.4. The zero-order valence-electron chi connectivity index (χ0n) is 17.1. The summed E-state index contributed by atoms with van der Waals surface area (Å²) in [5.41, 5.74) is 2.58. The molecule has 0 atom stereocenters. The molecule has 31 heavy (non-hydrogen) atoms. The van der Waals surface area contributed by atoms with Gasteiger partial charge in [0.2, 0.25) is 0 Å². The molecule has 0 unspecified atom stereocenters. The Labute approximate surface area is 196 Å². The van der Waals surface area contributed by atoms with Gasteiger partial charge >= 0.3 is 0 Å². The highest BCUT2D eigenvalue weighted by molar-refractivity contribution is 7.92. The molecule has 1 aromatic heterocycles. The lowest BCUT2D eigenvalue weighted by atomic mass is 10.1. The van der Waals surface area contributed by atoms with Gasteiger partial charge in [-0.05, 0) is 49.6 Å². The van der Waals surface area contributed by atoms with Crippen LogP contribution >= 0.6 is 34.5 Å². The van der Waals surface area contributed by atoms with Crippen molar-refractivity contribution in [1.82, 2.24) is 4.98 Å². The Morgan fingerprint density at radius 1 is 1.13 bits per heavy atom. The van der Waals surface area contributed by atoms with Crippen molar-refractivity contribution in [2.45, 2.75) is 29.9 Å². The van der Waals surface area contributed by atoms with Gasteiger partial charge in [0, 0.05) is 29.1 Å². The molecule has 2 aromatic carbocycles. The van der Waals surface area contributed by atoms with E-state index in [0.717, 1.165) is 22.1 Å². The van der Waals surface area contributed by atoms with Crippen LogP contribution in [0.5, 0.6) is 5.75 Å². The summed E-state index contributed by atoms with van der Waals surface area (Å²) in [5, 5.41) is 3.09. The number of rotatable bonds is 5. The van der Waals surface area contributed by atoms with Crippen molar-refractivity contribution >= 4 is 49.5 Å². The van der Waals surface area contributed by atoms with E-state index < -0.39 is 15.1 Å². The SMILES string of the molecule is COc1cccc(-c2csc(N3CCC(S(=O)(=O)c4cc(C)c(Cl)cc4Cl)CC3)n2)c1. The van der Waals surface area contributed by atoms with Crippen molar-refractivity contribution in [1.29, 1.82) is 0 Å². The van der Waals surface area contributed by atoms with Crippen LogP contribution in [0.4, 0.5) is 5.13 Å². The van der Waals surface area contributed by atoms with Gasteiger partial charge in [0.1, 0.15) is 5.75 Å². The molecule has 0 bridgehead atoms. The quantitative estimate of drug-likeness (QED) is 0.441. The predicted octanol–water partition coefficient (Wildman–Crippen LogP) is 5.88. The minimum atomic E-state index is -3.53. The van der Waals surface area contributed by atoms with Gasteiger partial charge in [0.25, 0.3) is 0 Å². The number of thiazole rings is 1. The van der Waals surface area contributed by atoms with Crippen molar-refractivity contribution in [3.63, 3.8) is 0 Å². The van der Waals surface area contributed by atoms with Crippen LogP contribution in [0.15, 0.2) is 46.7 Å². The van der Waals surface area contributed by atoms with Crippen LogP contribution in [-0.4, -0.2) is 38.9 Å². The van der Waals surface area contributed by atoms with Crippen LogP contribution < -0.4 is 9.64 Å². The van der Waals surface area contributed by atoms with Gasteiger partial charge in [-0.3, -0.25) is 0 Å². The van der Waals surface area contributed by atoms with Crippen molar-refractivity contribution in [2.24, 2.45) is 0 Å². The van der Waals surface area contributed by atoms with Crippen LogP contribution in [0.25, 0.3) is 11.3 Å². The molecular weight excluding hydrogens is 475 g/mol. The normalized spacial score (nSPS) is 15.3. The molecule has 0 radical (unpaired) electrons. The highest BCUT2D eigenvalue weighted by atomic mass is 35.5. The second kappa shape index (κ2) is 8.98. The van der Waals surface area contributed by atoms with Crippen LogP contribution in [0, 0.1) is 6.92 Å². The molecule has 1 aliphatic rings. The van der Waals surface area contributed by atoms with Crippen molar-refractivity contribution in [3.05, 3.63) is 57.4 Å². The van der Waals surface area contributed by atoms with Crippen LogP contribution in [0.2, 0.25) is 10.0 Å². The molecular formula is C22H22Cl2N2O3S2. The smallest absolute Gasteiger partial charge is 0.185 e. The van der Waals surface area contributed by atoms with E-state index >= 15 is 0 Å². The first-order valence-electron chi connectivity index (χ1n) is 9.84. The number of hydrogen-bond acceptors (Lipinski definition) is 6. The molecule has 4 rings (SSSR count). The van der Waals surface area contributed by atoms with E-state index in [2.05, 4.69) is 4.90 Å². The van der Waals surface area contributed by atoms with Crippen molar-refractivity contribution in [3.8, 4) is 17.0 Å². The fourth-order valence-electron chi connectivity index (χ4n) is 3.71. The number of aromatic nitrogens is 1. The summed E-state index contributed by atoms with van der Waals surface area (Å²) in [4.78, 5) is 7.08. The zero-order chi connectivity index (χ0) is 22.2. The summed E-state index contributed by atoms with van der Waals surface area (Å²) >= 11 is 13.9. The lowest BCUT2D eigenvalue weighted by Gasteiger charge is -2.31. The molecule has 0 N–H and O–H groups in total. The molecule has 0 amide bonds. The van der Waals surface area contributed by atoms with Crippen LogP contribution in [-0.2, 0) is 9.84 Å². The molecule has 0 aliphatic carbocycles. The first-order chi connectivity index (χ1) is 14.8. The van der Waals surface area contributed by atoms with E-state index in [4.69, 9.17) is 32.9 Å². The molecule has 1 aliphatic heterocycles. The number of anilines is 1. The topological polar surface area (TPSA) is 59.5 Å². The number of halogens is 2. The third kappa shape index (κ3) is 4.55. The molecule has 0 saturated carbocycles. The standard InChI is InChI=1S/C22H22Cl2N2O3S2/c1-14-10-21(19(24)12-18(14)23)31(27,28)17-6-8-26(9-7-17)22-25-20(13-30-22)15-4-3-5-16(11-15)29-2/h3-5,10-13,17H,6-9H2,1-2H3. The van der Waals surface area contributed by atoms with E-state index in [0.29, 0.717) is 36.5 Å². The number of benzene rings is 2. The minimum absolute atomic E-state index is 0.170. The van der Waals surface area contributed by atoms with Gasteiger partial charge < -0.3 is 9.64 Å². The van der Waals surface area contributed by atoms with Gasteiger partial charge in [-0.15, -0.1) is 11.3 Å². The minimum Gasteiger partial charge on any atom is -0.497 e. The van der Waals surface area contributed by atoms with E-state index in [1.165, 1.54) is 6.07 Å². The molecule has 2 heterocycles. The molecule has 164 valence electrons. The number of sulfone groups is 1. The Morgan fingerprint density at radius 2 is 1.87 bits per heavy atom. The average Bonchev–Trinajstić information content (AvgIpc) is 3.26. The summed E-state index contributed by atoms with van der Waals surface area (Å²) in [5.74, 6) is 0.786. The second-order valence-electron chi connectivity index (χ2n) is 7.51. The largest absolute Gasteiger partial charge is 0.497 e. The third-order valence-electron chi connectivity index (χ3n) is 5.53. The Hall–Kier alpha value is -1.80. The highest BCUT2D eigenvalue weighted by Gasteiger charge is 2.33. The first-order valence-corrected chi connectivity index (χ1v) is 13.0. The van der Waals surface area contributed by atoms with Gasteiger partial charge in [-0.1, -0.05) is 35.3 Å². The Balaban J connectivity index is 1.48. The molecule has 9 heteroatoms. The Bertz CT molecular complexity index is 1200. The van der Waals surface area contributed by atoms with Crippen LogP contribution in [0.3, 0.4) is 0 Å². The number of ether oxygens (including phenoxy) is 1. The fourth-order valence-corrected chi connectivity index (χ4v) is 7.17. The van der Waals surface area contributed by atoms with E-state index in [1.807, 2.05) is 29.6 Å². The molecule has 1 fully saturated rings. The lowest BCUT2D eigenvalue weighted by Crippen LogP contribution is -2.39. The monoisotopic (exact) mass is 496 g/mol. The number of piperidine rings is 1. The summed E-state index contributed by atoms with van der Waals surface area (Å²) in [7, 11) is -1.89. The highest BCUT2D eigenvalue weighted by Crippen LogP contribution is 2.35. The predicted molar refractivity (Wildman–Crippen MR) is 128 cm³/mol. The fraction of sp³-hybridized carbons (Fsp3) is 0.318. The maximum atomic E-state index is 13.2. The van der Waals surface area contributed by atoms with Crippen molar-refractivity contribution in [2.75, 3.05) is 25.1 Å². The van der Waals surface area contributed by atoms with E-state index in [-0.39, 0.29) is 9.92 Å². The maximum Gasteiger partial charge on any atom is 0.185 e. The Kier molecular flexibility index (Phi) is 6.49. The molecule has 0 spiro atoms. The second-order valence-corrected chi connectivity index (χ2v) is 11.4. The maximum absolute atomic E-state index is 13.2. The van der Waals surface area contributed by atoms with Gasteiger partial charge in [-0.25, -0.2) is 13.4 Å². The van der Waals surface area contributed by atoms with E-state index in [1.54, 1.807) is 31.4 Å².